The highest BCUT2D eigenvalue weighted by atomic mass is 32.2. The lowest BCUT2D eigenvalue weighted by molar-refractivity contribution is -0.213. The zero-order chi connectivity index (χ0) is 28.5. The van der Waals surface area contributed by atoms with Gasteiger partial charge in [0.25, 0.3) is 0 Å². The number of carboxylic acid groups (broad SMARTS) is 1. The first-order chi connectivity index (χ1) is 18.4. The number of alkyl halides is 3. The third-order valence-electron chi connectivity index (χ3n) is 6.19. The highest BCUT2D eigenvalue weighted by Crippen LogP contribution is 2.40. The molecule has 1 unspecified atom stereocenters. The van der Waals surface area contributed by atoms with Gasteiger partial charge in [-0.1, -0.05) is 72.8 Å². The van der Waals surface area contributed by atoms with E-state index in [0.717, 1.165) is 17.4 Å². The van der Waals surface area contributed by atoms with Gasteiger partial charge in [0, 0.05) is 44.7 Å². The number of sulfone groups is 1. The number of nitrogens with one attached hydrogen (secondary N) is 2. The number of carboxylic acids is 1. The molecule has 3 rings (SSSR count). The first-order valence-electron chi connectivity index (χ1n) is 12.3. The van der Waals surface area contributed by atoms with Crippen molar-refractivity contribution in [1.82, 2.24) is 10.6 Å². The Labute approximate surface area is 226 Å². The van der Waals surface area contributed by atoms with E-state index < -0.39 is 33.1 Å². The molecule has 0 aliphatic rings. The summed E-state index contributed by atoms with van der Waals surface area (Å²) in [5.41, 5.74) is -1.14. The van der Waals surface area contributed by atoms with E-state index >= 15 is 0 Å². The lowest BCUT2D eigenvalue weighted by Gasteiger charge is -2.34. The predicted molar refractivity (Wildman–Crippen MR) is 145 cm³/mol. The summed E-state index contributed by atoms with van der Waals surface area (Å²) in [5.74, 6) is -2.26. The van der Waals surface area contributed by atoms with Gasteiger partial charge >= 0.3 is 12.1 Å². The molecule has 0 spiro atoms. The molecule has 11 heteroatoms. The zero-order valence-corrected chi connectivity index (χ0v) is 22.3. The Bertz CT molecular complexity index is 1260. The monoisotopic (exact) mass is 563 g/mol. The van der Waals surface area contributed by atoms with Crippen molar-refractivity contribution in [3.8, 4) is 0 Å². The van der Waals surface area contributed by atoms with E-state index in [9.17, 15) is 31.5 Å². The summed E-state index contributed by atoms with van der Waals surface area (Å²) >= 11 is 0. The van der Waals surface area contributed by atoms with Gasteiger partial charge in [0.15, 0.2) is 0 Å². The molecule has 0 amide bonds. The minimum absolute atomic E-state index is 0.0416. The molecular formula is C28H32F3N3O4S. The van der Waals surface area contributed by atoms with Crippen LogP contribution >= 0.6 is 0 Å². The third-order valence-corrected chi connectivity index (χ3v) is 7.13. The predicted octanol–water partition coefficient (Wildman–Crippen LogP) is 3.96. The molecule has 1 atom stereocenters. The van der Waals surface area contributed by atoms with Crippen LogP contribution in [0.25, 0.3) is 0 Å². The molecule has 0 saturated heterocycles. The lowest BCUT2D eigenvalue weighted by Crippen LogP contribution is -2.60. The molecule has 3 aromatic rings. The minimum atomic E-state index is -5.15. The molecule has 0 radical (unpaired) electrons. The second kappa shape index (κ2) is 13.1. The van der Waals surface area contributed by atoms with Crippen LogP contribution in [0.4, 0.5) is 18.9 Å². The van der Waals surface area contributed by atoms with E-state index in [1.165, 1.54) is 24.3 Å². The second-order valence-corrected chi connectivity index (χ2v) is 11.5. The van der Waals surface area contributed by atoms with Crippen molar-refractivity contribution >= 4 is 21.5 Å². The number of rotatable bonds is 14. The largest absolute Gasteiger partial charge is 0.479 e. The van der Waals surface area contributed by atoms with Crippen LogP contribution in [-0.4, -0.2) is 57.3 Å². The average molecular weight is 564 g/mol. The van der Waals surface area contributed by atoms with Crippen molar-refractivity contribution in [3.63, 3.8) is 0 Å². The summed E-state index contributed by atoms with van der Waals surface area (Å²) < 4.78 is 65.4. The van der Waals surface area contributed by atoms with Crippen LogP contribution < -0.4 is 15.5 Å². The van der Waals surface area contributed by atoms with Crippen LogP contribution in [0.1, 0.15) is 16.7 Å². The number of hydrogen-bond acceptors (Lipinski definition) is 6. The maximum atomic E-state index is 14.3. The van der Waals surface area contributed by atoms with Crippen LogP contribution in [0.15, 0.2) is 84.9 Å². The second-order valence-electron chi connectivity index (χ2n) is 9.23. The number of halogens is 3. The summed E-state index contributed by atoms with van der Waals surface area (Å²) in [6.45, 7) is 0.623. The van der Waals surface area contributed by atoms with E-state index in [0.29, 0.717) is 18.8 Å². The smallest absolute Gasteiger partial charge is 0.421 e. The first-order valence-corrected chi connectivity index (χ1v) is 14.4. The van der Waals surface area contributed by atoms with Crippen LogP contribution in [0.5, 0.6) is 0 Å². The summed E-state index contributed by atoms with van der Waals surface area (Å²) in [6, 6.07) is 24.6. The average Bonchev–Trinajstić information content (AvgIpc) is 2.88. The van der Waals surface area contributed by atoms with E-state index in [1.807, 2.05) is 65.6 Å². The van der Waals surface area contributed by atoms with Gasteiger partial charge in [0.05, 0.1) is 5.75 Å². The van der Waals surface area contributed by atoms with Crippen molar-refractivity contribution < 1.29 is 31.5 Å². The maximum Gasteiger partial charge on any atom is 0.421 e. The van der Waals surface area contributed by atoms with Gasteiger partial charge in [-0.05, 0) is 28.8 Å². The van der Waals surface area contributed by atoms with Gasteiger partial charge in [-0.15, -0.1) is 0 Å². The van der Waals surface area contributed by atoms with E-state index in [-0.39, 0.29) is 25.4 Å². The molecular weight excluding hydrogens is 531 g/mol. The van der Waals surface area contributed by atoms with Crippen molar-refractivity contribution in [3.05, 3.63) is 102 Å². The van der Waals surface area contributed by atoms with Crippen LogP contribution in [0.3, 0.4) is 0 Å². The normalized spacial score (nSPS) is 13.5. The zero-order valence-electron chi connectivity index (χ0n) is 21.5. The van der Waals surface area contributed by atoms with Gasteiger partial charge in [-0.2, -0.15) is 13.2 Å². The molecule has 3 aromatic carbocycles. The number of nitrogens with zero attached hydrogens (tertiary/aromatic N) is 1. The topological polar surface area (TPSA) is 98.7 Å². The fraction of sp³-hybridized carbons (Fsp3) is 0.321. The van der Waals surface area contributed by atoms with Gasteiger partial charge < -0.3 is 15.3 Å². The van der Waals surface area contributed by atoms with Crippen LogP contribution in [0.2, 0.25) is 0 Å². The number of carbonyl (C=O) groups is 1. The van der Waals surface area contributed by atoms with Crippen molar-refractivity contribution in [2.75, 3.05) is 36.5 Å². The minimum Gasteiger partial charge on any atom is -0.479 e. The Hall–Kier alpha value is -3.41. The molecule has 0 aromatic heterocycles. The molecule has 0 bridgehead atoms. The third kappa shape index (κ3) is 8.29. The van der Waals surface area contributed by atoms with E-state index in [4.69, 9.17) is 0 Å². The Morgan fingerprint density at radius 3 is 1.77 bits per heavy atom. The highest BCUT2D eigenvalue weighted by molar-refractivity contribution is 7.90. The van der Waals surface area contributed by atoms with Crippen molar-refractivity contribution in [2.24, 2.45) is 0 Å². The number of hydrogen-bond donors (Lipinski definition) is 3. The Morgan fingerprint density at radius 1 is 0.821 bits per heavy atom. The van der Waals surface area contributed by atoms with Crippen molar-refractivity contribution in [2.45, 2.75) is 24.8 Å². The molecule has 39 heavy (non-hydrogen) atoms. The first kappa shape index (κ1) is 30.1. The Balaban J connectivity index is 1.85. The van der Waals surface area contributed by atoms with Crippen molar-refractivity contribution in [1.29, 1.82) is 0 Å². The molecule has 0 saturated carbocycles. The molecule has 7 nitrogen and oxygen atoms in total. The van der Waals surface area contributed by atoms with Gasteiger partial charge in [0.1, 0.15) is 9.84 Å². The number of aliphatic carboxylic acids is 1. The Kier molecular flexibility index (Phi) is 10.1. The number of anilines is 1. The summed E-state index contributed by atoms with van der Waals surface area (Å²) in [4.78, 5) is 14.1. The molecule has 3 N–H and O–H groups in total. The lowest BCUT2D eigenvalue weighted by atomic mass is 9.88. The summed E-state index contributed by atoms with van der Waals surface area (Å²) in [6.07, 6.45) is -4.10. The summed E-state index contributed by atoms with van der Waals surface area (Å²) in [7, 11) is -3.23. The maximum absolute atomic E-state index is 14.3. The van der Waals surface area contributed by atoms with Crippen LogP contribution in [0, 0.1) is 0 Å². The van der Waals surface area contributed by atoms with Gasteiger partial charge in [-0.3, -0.25) is 5.32 Å². The number of benzene rings is 3. The molecule has 0 heterocycles. The van der Waals surface area contributed by atoms with Crippen LogP contribution in [-0.2, 0) is 33.3 Å². The standard InChI is InChI=1S/C28H32F3N3O4S/c1-39(37,38)19-18-32-16-17-33-27(26(35)36,28(29,30)31)24-12-14-25(15-13-24)34(20-22-8-4-2-5-9-22)21-23-10-6-3-7-11-23/h2-15,32-33H,16-21H2,1H3,(H,35,36). The fourth-order valence-corrected chi connectivity index (χ4v) is 4.69. The molecule has 0 aliphatic heterocycles. The Morgan fingerprint density at radius 2 is 1.33 bits per heavy atom. The fourth-order valence-electron chi connectivity index (χ4n) is 4.18. The molecule has 0 aliphatic carbocycles. The molecule has 210 valence electrons. The SMILES string of the molecule is CS(=O)(=O)CCNCCNC(C(=O)O)(c1ccc(N(Cc2ccccc2)Cc2ccccc2)cc1)C(F)(F)F. The van der Waals surface area contributed by atoms with Gasteiger partial charge in [0.2, 0.25) is 5.54 Å². The van der Waals surface area contributed by atoms with E-state index in [2.05, 4.69) is 10.6 Å². The molecule has 0 fully saturated rings. The van der Waals surface area contributed by atoms with Gasteiger partial charge in [-0.25, -0.2) is 13.2 Å². The summed E-state index contributed by atoms with van der Waals surface area (Å²) in [5, 5.41) is 14.7. The highest BCUT2D eigenvalue weighted by Gasteiger charge is 2.62. The quantitative estimate of drug-likeness (QED) is 0.256. The van der Waals surface area contributed by atoms with E-state index in [1.54, 1.807) is 0 Å².